The van der Waals surface area contributed by atoms with E-state index < -0.39 is 0 Å². The molecule has 0 aromatic carbocycles. The summed E-state index contributed by atoms with van der Waals surface area (Å²) in [6.07, 6.45) is 4.49. The van der Waals surface area contributed by atoms with Crippen LogP contribution in [0.15, 0.2) is 6.20 Å². The van der Waals surface area contributed by atoms with Gasteiger partial charge in [-0.1, -0.05) is 13.8 Å². The lowest BCUT2D eigenvalue weighted by molar-refractivity contribution is -0.106. The van der Waals surface area contributed by atoms with Gasteiger partial charge in [0.15, 0.2) is 0 Å². The second-order valence-electron chi connectivity index (χ2n) is 2.62. The smallest absolute Gasteiger partial charge is 0.204 e. The highest BCUT2D eigenvalue weighted by atomic mass is 16.1. The van der Waals surface area contributed by atoms with Crippen molar-refractivity contribution in [3.05, 3.63) is 17.5 Å². The van der Waals surface area contributed by atoms with Crippen LogP contribution in [0.2, 0.25) is 0 Å². The van der Waals surface area contributed by atoms with Crippen LogP contribution in [0, 0.1) is 0 Å². The lowest BCUT2D eigenvalue weighted by atomic mass is 10.2. The molecular weight excluding hydrogens is 166 g/mol. The van der Waals surface area contributed by atoms with Gasteiger partial charge in [-0.15, -0.1) is 0 Å². The van der Waals surface area contributed by atoms with E-state index in [1.54, 1.807) is 0 Å². The summed E-state index contributed by atoms with van der Waals surface area (Å²) in [5.74, 6) is 0. The molecule has 2 N–H and O–H groups in total. The Labute approximate surface area is 78.7 Å². The van der Waals surface area contributed by atoms with Gasteiger partial charge in [0.2, 0.25) is 6.41 Å². The first kappa shape index (κ1) is 11.7. The Morgan fingerprint density at radius 1 is 1.54 bits per heavy atom. The molecule has 13 heavy (non-hydrogen) atoms. The third-order valence-electron chi connectivity index (χ3n) is 1.71. The van der Waals surface area contributed by atoms with E-state index in [4.69, 9.17) is 4.79 Å². The third-order valence-corrected chi connectivity index (χ3v) is 1.71. The zero-order chi connectivity index (χ0) is 10.3. The Morgan fingerprint density at radius 2 is 2.08 bits per heavy atom. The van der Waals surface area contributed by atoms with Crippen molar-refractivity contribution in [1.29, 1.82) is 0 Å². The molecule has 0 aliphatic rings. The largest absolute Gasteiger partial charge is 0.372 e. The highest BCUT2D eigenvalue weighted by Gasteiger charge is 2.01. The molecule has 0 unspecified atom stereocenters. The first-order valence-corrected chi connectivity index (χ1v) is 4.36. The predicted molar refractivity (Wildman–Crippen MR) is 52.2 cm³/mol. The minimum atomic E-state index is 0.250. The van der Waals surface area contributed by atoms with Crippen molar-refractivity contribution in [3.8, 4) is 0 Å². The van der Waals surface area contributed by atoms with Gasteiger partial charge in [0, 0.05) is 13.2 Å². The molecule has 0 aliphatic carbocycles. The standard InChI is InChI=1S/C8H14N2.CH3NO/c1-4-7-6-10(3)9-8(7)5-2;2-1-3/h6H,4-5H2,1-3H3;1H,(H2,2,3). The normalized spacial score (nSPS) is 8.85. The number of carbonyl (C=O) groups excluding carboxylic acids is 1. The highest BCUT2D eigenvalue weighted by molar-refractivity contribution is 5.42. The van der Waals surface area contributed by atoms with Gasteiger partial charge in [-0.25, -0.2) is 0 Å². The molecule has 74 valence electrons. The van der Waals surface area contributed by atoms with Crippen molar-refractivity contribution < 1.29 is 4.79 Å². The van der Waals surface area contributed by atoms with Crippen molar-refractivity contribution in [3.63, 3.8) is 0 Å². The molecule has 0 saturated heterocycles. The third kappa shape index (κ3) is 3.73. The van der Waals surface area contributed by atoms with Gasteiger partial charge in [-0.3, -0.25) is 9.48 Å². The molecule has 4 nitrogen and oxygen atoms in total. The Balaban J connectivity index is 0.000000424. The molecule has 0 fully saturated rings. The van der Waals surface area contributed by atoms with Crippen molar-refractivity contribution >= 4 is 6.41 Å². The van der Waals surface area contributed by atoms with Gasteiger partial charge < -0.3 is 5.73 Å². The number of aryl methyl sites for hydroxylation is 3. The Hall–Kier alpha value is -1.32. The fourth-order valence-electron chi connectivity index (χ4n) is 1.18. The average Bonchev–Trinajstić information content (AvgIpc) is 2.47. The molecule has 1 amide bonds. The van der Waals surface area contributed by atoms with Crippen molar-refractivity contribution in [2.75, 3.05) is 0 Å². The van der Waals surface area contributed by atoms with E-state index in [-0.39, 0.29) is 6.41 Å². The van der Waals surface area contributed by atoms with Gasteiger partial charge in [0.25, 0.3) is 0 Å². The van der Waals surface area contributed by atoms with Gasteiger partial charge in [-0.05, 0) is 18.4 Å². The minimum Gasteiger partial charge on any atom is -0.372 e. The van der Waals surface area contributed by atoms with E-state index in [0.717, 1.165) is 12.8 Å². The van der Waals surface area contributed by atoms with Crippen LogP contribution in [0.5, 0.6) is 0 Å². The molecule has 1 rings (SSSR count). The van der Waals surface area contributed by atoms with Gasteiger partial charge >= 0.3 is 0 Å². The number of nitrogens with zero attached hydrogens (tertiary/aromatic N) is 2. The summed E-state index contributed by atoms with van der Waals surface area (Å²) in [5.41, 5.74) is 6.79. The fraction of sp³-hybridized carbons (Fsp3) is 0.556. The summed E-state index contributed by atoms with van der Waals surface area (Å²) >= 11 is 0. The van der Waals surface area contributed by atoms with Gasteiger partial charge in [0.05, 0.1) is 5.69 Å². The minimum absolute atomic E-state index is 0.250. The average molecular weight is 183 g/mol. The quantitative estimate of drug-likeness (QED) is 0.684. The number of amides is 1. The van der Waals surface area contributed by atoms with Crippen molar-refractivity contribution in [2.24, 2.45) is 12.8 Å². The Morgan fingerprint density at radius 3 is 2.38 bits per heavy atom. The van der Waals surface area contributed by atoms with Crippen LogP contribution >= 0.6 is 0 Å². The molecule has 0 spiro atoms. The number of nitrogens with two attached hydrogens (primary N) is 1. The monoisotopic (exact) mass is 183 g/mol. The SMILES string of the molecule is CCc1cn(C)nc1CC.NC=O. The topological polar surface area (TPSA) is 60.9 Å². The van der Waals surface area contributed by atoms with E-state index in [1.807, 2.05) is 11.7 Å². The maximum Gasteiger partial charge on any atom is 0.204 e. The lowest BCUT2D eigenvalue weighted by Gasteiger charge is -1.90. The molecule has 4 heteroatoms. The highest BCUT2D eigenvalue weighted by Crippen LogP contribution is 2.06. The summed E-state index contributed by atoms with van der Waals surface area (Å²) in [7, 11) is 1.97. The van der Waals surface area contributed by atoms with Crippen LogP contribution in [-0.2, 0) is 24.7 Å². The molecule has 1 aromatic heterocycles. The summed E-state index contributed by atoms with van der Waals surface area (Å²) in [4.78, 5) is 8.58. The summed E-state index contributed by atoms with van der Waals surface area (Å²) in [6.45, 7) is 4.30. The van der Waals surface area contributed by atoms with E-state index >= 15 is 0 Å². The Kier molecular flexibility index (Phi) is 5.59. The van der Waals surface area contributed by atoms with E-state index in [1.165, 1.54) is 11.3 Å². The first-order chi connectivity index (χ1) is 6.19. The number of hydrogen-bond donors (Lipinski definition) is 1. The fourth-order valence-corrected chi connectivity index (χ4v) is 1.18. The zero-order valence-electron chi connectivity index (χ0n) is 8.45. The van der Waals surface area contributed by atoms with Crippen LogP contribution in [0.4, 0.5) is 0 Å². The maximum atomic E-state index is 8.58. The Bertz CT molecular complexity index is 234. The molecule has 0 saturated carbocycles. The number of rotatable bonds is 2. The lowest BCUT2D eigenvalue weighted by Crippen LogP contribution is -1.89. The van der Waals surface area contributed by atoms with Crippen LogP contribution in [0.3, 0.4) is 0 Å². The molecule has 0 atom stereocenters. The summed E-state index contributed by atoms with van der Waals surface area (Å²) in [6, 6.07) is 0. The number of aromatic nitrogens is 2. The van der Waals surface area contributed by atoms with Crippen LogP contribution in [-0.4, -0.2) is 16.2 Å². The van der Waals surface area contributed by atoms with E-state index in [9.17, 15) is 0 Å². The van der Waals surface area contributed by atoms with Crippen LogP contribution in [0.25, 0.3) is 0 Å². The number of primary amides is 1. The predicted octanol–water partition coefficient (Wildman–Crippen LogP) is 0.646. The second kappa shape index (κ2) is 6.22. The summed E-state index contributed by atoms with van der Waals surface area (Å²) in [5, 5.41) is 4.32. The van der Waals surface area contributed by atoms with Gasteiger partial charge in [-0.2, -0.15) is 5.10 Å². The molecular formula is C9H17N3O. The van der Waals surface area contributed by atoms with Crippen molar-refractivity contribution in [2.45, 2.75) is 26.7 Å². The number of hydrogen-bond acceptors (Lipinski definition) is 2. The zero-order valence-corrected chi connectivity index (χ0v) is 8.45. The van der Waals surface area contributed by atoms with Crippen LogP contribution < -0.4 is 5.73 Å². The molecule has 1 aromatic rings. The van der Waals surface area contributed by atoms with Gasteiger partial charge in [0.1, 0.15) is 0 Å². The molecule has 0 bridgehead atoms. The van der Waals surface area contributed by atoms with Crippen LogP contribution in [0.1, 0.15) is 25.1 Å². The summed E-state index contributed by atoms with van der Waals surface area (Å²) < 4.78 is 1.89. The van der Waals surface area contributed by atoms with Crippen molar-refractivity contribution in [1.82, 2.24) is 9.78 Å². The van der Waals surface area contributed by atoms with E-state index in [2.05, 4.69) is 30.9 Å². The first-order valence-electron chi connectivity index (χ1n) is 4.36. The number of carbonyl (C=O) groups is 1. The molecule has 0 radical (unpaired) electrons. The molecule has 0 aliphatic heterocycles. The maximum absolute atomic E-state index is 8.58. The molecule has 1 heterocycles. The van der Waals surface area contributed by atoms with E-state index in [0.29, 0.717) is 0 Å². The second-order valence-corrected chi connectivity index (χ2v) is 2.62.